The molecule has 0 radical (unpaired) electrons. The quantitative estimate of drug-likeness (QED) is 0.645. The number of halogens is 1. The molecule has 2 N–H and O–H groups in total. The maximum Gasteiger partial charge on any atom is 0.261 e. The molecule has 0 aliphatic carbocycles. The van der Waals surface area contributed by atoms with Gasteiger partial charge >= 0.3 is 0 Å². The zero-order chi connectivity index (χ0) is 17.6. The predicted octanol–water partition coefficient (Wildman–Crippen LogP) is 3.12. The summed E-state index contributed by atoms with van der Waals surface area (Å²) in [5, 5.41) is 9.59. The fourth-order valence-electron chi connectivity index (χ4n) is 2.19. The number of thiophene rings is 1. The van der Waals surface area contributed by atoms with E-state index in [9.17, 15) is 9.59 Å². The highest BCUT2D eigenvalue weighted by Gasteiger charge is 2.12. The lowest BCUT2D eigenvalue weighted by atomic mass is 10.2. The third kappa shape index (κ3) is 4.77. The number of rotatable bonds is 6. The van der Waals surface area contributed by atoms with Gasteiger partial charge in [0.1, 0.15) is 5.82 Å². The molecule has 8 heteroatoms. The summed E-state index contributed by atoms with van der Waals surface area (Å²) in [6.45, 7) is 0.448. The van der Waals surface area contributed by atoms with Crippen LogP contribution in [0.4, 0.5) is 5.82 Å². The van der Waals surface area contributed by atoms with Gasteiger partial charge in [-0.3, -0.25) is 9.59 Å². The molecule has 0 aliphatic rings. The Hall–Kier alpha value is -2.45. The zero-order valence-corrected chi connectivity index (χ0v) is 15.5. The summed E-state index contributed by atoms with van der Waals surface area (Å²) in [7, 11) is 0. The second kappa shape index (κ2) is 8.09. The molecule has 25 heavy (non-hydrogen) atoms. The van der Waals surface area contributed by atoms with Crippen LogP contribution in [0.5, 0.6) is 0 Å². The second-order valence-corrected chi connectivity index (χ2v) is 7.66. The SMILES string of the molecule is O=C(CNC(=O)c1ccc(Br)s1)Nc1ccnn1Cc1ccccc1. The fraction of sp³-hybridized carbons (Fsp3) is 0.118. The number of aromatic nitrogens is 2. The lowest BCUT2D eigenvalue weighted by molar-refractivity contribution is -0.115. The largest absolute Gasteiger partial charge is 0.342 e. The fourth-order valence-corrected chi connectivity index (χ4v) is 3.49. The maximum absolute atomic E-state index is 12.1. The Morgan fingerprint density at radius 2 is 1.92 bits per heavy atom. The summed E-state index contributed by atoms with van der Waals surface area (Å²) >= 11 is 4.62. The van der Waals surface area contributed by atoms with Crippen LogP contribution in [0.2, 0.25) is 0 Å². The van der Waals surface area contributed by atoms with Gasteiger partial charge in [0.2, 0.25) is 5.91 Å². The van der Waals surface area contributed by atoms with Crippen molar-refractivity contribution in [2.75, 3.05) is 11.9 Å². The van der Waals surface area contributed by atoms with Crippen molar-refractivity contribution in [1.29, 1.82) is 0 Å². The molecule has 2 aromatic heterocycles. The van der Waals surface area contributed by atoms with E-state index < -0.39 is 0 Å². The van der Waals surface area contributed by atoms with E-state index in [2.05, 4.69) is 31.7 Å². The molecule has 3 rings (SSSR count). The first-order chi connectivity index (χ1) is 12.1. The van der Waals surface area contributed by atoms with Crippen molar-refractivity contribution < 1.29 is 9.59 Å². The van der Waals surface area contributed by atoms with E-state index in [0.717, 1.165) is 9.35 Å². The summed E-state index contributed by atoms with van der Waals surface area (Å²) in [6.07, 6.45) is 1.63. The molecular weight excluding hydrogens is 404 g/mol. The molecule has 6 nitrogen and oxygen atoms in total. The van der Waals surface area contributed by atoms with Crippen molar-refractivity contribution in [3.8, 4) is 0 Å². The minimum atomic E-state index is -0.307. The molecule has 0 aliphatic heterocycles. The van der Waals surface area contributed by atoms with Crippen molar-refractivity contribution in [3.63, 3.8) is 0 Å². The van der Waals surface area contributed by atoms with Gasteiger partial charge in [0, 0.05) is 6.07 Å². The van der Waals surface area contributed by atoms with Gasteiger partial charge in [-0.2, -0.15) is 5.10 Å². The molecule has 3 aromatic rings. The van der Waals surface area contributed by atoms with Gasteiger partial charge in [0.15, 0.2) is 0 Å². The number of anilines is 1. The van der Waals surface area contributed by atoms with Crippen LogP contribution < -0.4 is 10.6 Å². The standard InChI is InChI=1S/C17H15BrN4O2S/c18-14-7-6-13(25-14)17(24)19-10-16(23)21-15-8-9-20-22(15)11-12-4-2-1-3-5-12/h1-9H,10-11H2,(H,19,24)(H,21,23). The van der Waals surface area contributed by atoms with Crippen molar-refractivity contribution in [2.24, 2.45) is 0 Å². The average Bonchev–Trinajstić information content (AvgIpc) is 3.23. The molecule has 0 unspecified atom stereocenters. The number of benzene rings is 1. The minimum Gasteiger partial charge on any atom is -0.342 e. The van der Waals surface area contributed by atoms with E-state index >= 15 is 0 Å². The molecule has 0 fully saturated rings. The Morgan fingerprint density at radius 1 is 1.12 bits per heavy atom. The second-order valence-electron chi connectivity index (χ2n) is 5.19. The van der Waals surface area contributed by atoms with Gasteiger partial charge < -0.3 is 10.6 Å². The zero-order valence-electron chi connectivity index (χ0n) is 13.1. The molecular formula is C17H15BrN4O2S. The van der Waals surface area contributed by atoms with Crippen LogP contribution in [-0.4, -0.2) is 28.1 Å². The van der Waals surface area contributed by atoms with E-state index in [1.165, 1.54) is 11.3 Å². The van der Waals surface area contributed by atoms with Crippen LogP contribution in [0.3, 0.4) is 0 Å². The number of carbonyl (C=O) groups excluding carboxylic acids is 2. The van der Waals surface area contributed by atoms with Crippen LogP contribution in [0.1, 0.15) is 15.2 Å². The molecule has 0 atom stereocenters. The summed E-state index contributed by atoms with van der Waals surface area (Å²) in [5.41, 5.74) is 1.08. The Labute approximate surface area is 157 Å². The normalized spacial score (nSPS) is 10.4. The lowest BCUT2D eigenvalue weighted by Crippen LogP contribution is -2.33. The number of hydrogen-bond acceptors (Lipinski definition) is 4. The number of nitrogens with one attached hydrogen (secondary N) is 2. The maximum atomic E-state index is 12.1. The summed E-state index contributed by atoms with van der Waals surface area (Å²) < 4.78 is 2.57. The minimum absolute atomic E-state index is 0.106. The third-order valence-corrected chi connectivity index (χ3v) is 4.99. The smallest absolute Gasteiger partial charge is 0.261 e. The van der Waals surface area contributed by atoms with Gasteiger partial charge in [-0.25, -0.2) is 4.68 Å². The molecule has 0 saturated heterocycles. The van der Waals surface area contributed by atoms with E-state index in [-0.39, 0.29) is 18.4 Å². The first-order valence-corrected chi connectivity index (χ1v) is 9.12. The molecule has 0 saturated carbocycles. The first-order valence-electron chi connectivity index (χ1n) is 7.51. The van der Waals surface area contributed by atoms with Crippen LogP contribution in [0, 0.1) is 0 Å². The highest BCUT2D eigenvalue weighted by atomic mass is 79.9. The van der Waals surface area contributed by atoms with E-state index in [4.69, 9.17) is 0 Å². The first kappa shape index (κ1) is 17.4. The topological polar surface area (TPSA) is 76.0 Å². The number of carbonyl (C=O) groups is 2. The molecule has 2 heterocycles. The number of hydrogen-bond donors (Lipinski definition) is 2. The van der Waals surface area contributed by atoms with Gasteiger partial charge in [0.05, 0.1) is 27.9 Å². The van der Waals surface area contributed by atoms with Gasteiger partial charge in [-0.05, 0) is 33.6 Å². The summed E-state index contributed by atoms with van der Waals surface area (Å²) in [6, 6.07) is 15.1. The third-order valence-electron chi connectivity index (χ3n) is 3.37. The predicted molar refractivity (Wildman–Crippen MR) is 101 cm³/mol. The van der Waals surface area contributed by atoms with Gasteiger partial charge in [0.25, 0.3) is 5.91 Å². The highest BCUT2D eigenvalue weighted by Crippen LogP contribution is 2.21. The Bertz CT molecular complexity index is 876. The lowest BCUT2D eigenvalue weighted by Gasteiger charge is -2.09. The van der Waals surface area contributed by atoms with Crippen molar-refractivity contribution in [2.45, 2.75) is 6.54 Å². The van der Waals surface area contributed by atoms with Crippen molar-refractivity contribution in [3.05, 3.63) is 69.0 Å². The number of amides is 2. The van der Waals surface area contributed by atoms with Crippen molar-refractivity contribution in [1.82, 2.24) is 15.1 Å². The van der Waals surface area contributed by atoms with E-state index in [0.29, 0.717) is 17.2 Å². The van der Waals surface area contributed by atoms with E-state index in [1.807, 2.05) is 30.3 Å². The summed E-state index contributed by atoms with van der Waals surface area (Å²) in [5.74, 6) is 0.00407. The molecule has 1 aromatic carbocycles. The Morgan fingerprint density at radius 3 is 2.64 bits per heavy atom. The molecule has 0 spiro atoms. The summed E-state index contributed by atoms with van der Waals surface area (Å²) in [4.78, 5) is 24.6. The molecule has 2 amide bonds. The molecule has 128 valence electrons. The van der Waals surface area contributed by atoms with Crippen LogP contribution in [0.15, 0.2) is 58.5 Å². The van der Waals surface area contributed by atoms with Crippen LogP contribution in [0.25, 0.3) is 0 Å². The van der Waals surface area contributed by atoms with Gasteiger partial charge in [-0.15, -0.1) is 11.3 Å². The monoisotopic (exact) mass is 418 g/mol. The van der Waals surface area contributed by atoms with Gasteiger partial charge in [-0.1, -0.05) is 30.3 Å². The average molecular weight is 419 g/mol. The Balaban J connectivity index is 1.55. The highest BCUT2D eigenvalue weighted by molar-refractivity contribution is 9.11. The van der Waals surface area contributed by atoms with Crippen molar-refractivity contribution >= 4 is 44.9 Å². The number of nitrogens with zero attached hydrogens (tertiary/aromatic N) is 2. The van der Waals surface area contributed by atoms with E-state index in [1.54, 1.807) is 29.1 Å². The Kier molecular flexibility index (Phi) is 5.62. The van der Waals surface area contributed by atoms with Crippen LogP contribution in [-0.2, 0) is 11.3 Å². The van der Waals surface area contributed by atoms with Crippen LogP contribution >= 0.6 is 27.3 Å². The molecule has 0 bridgehead atoms.